The van der Waals surface area contributed by atoms with Crippen molar-refractivity contribution in [2.24, 2.45) is 0 Å². The van der Waals surface area contributed by atoms with Crippen LogP contribution < -0.4 is 10.7 Å². The van der Waals surface area contributed by atoms with E-state index in [4.69, 9.17) is 37.9 Å². The Morgan fingerprint density at radius 3 is 2.07 bits per heavy atom. The van der Waals surface area contributed by atoms with Gasteiger partial charge in [-0.05, 0) is 57.9 Å². The van der Waals surface area contributed by atoms with Crippen LogP contribution in [0.15, 0.2) is 54.7 Å². The molecule has 0 spiro atoms. The van der Waals surface area contributed by atoms with Gasteiger partial charge in [-0.3, -0.25) is 10.2 Å². The number of rotatable bonds is 8. The van der Waals surface area contributed by atoms with Crippen LogP contribution in [0.1, 0.15) is 61.9 Å². The molecule has 2 aromatic carbocycles. The van der Waals surface area contributed by atoms with Crippen LogP contribution in [0.4, 0.5) is 4.79 Å². The van der Waals surface area contributed by atoms with Crippen molar-refractivity contribution in [1.29, 1.82) is 0 Å². The average molecular weight is 638 g/mol. The van der Waals surface area contributed by atoms with Crippen molar-refractivity contribution in [3.8, 4) is 22.5 Å². The summed E-state index contributed by atoms with van der Waals surface area (Å²) in [5.74, 6) is -0.374. The minimum Gasteiger partial charge on any atom is -0.444 e. The quantitative estimate of drug-likeness (QED) is 0.244. The number of halogens is 2. The van der Waals surface area contributed by atoms with Gasteiger partial charge in [-0.2, -0.15) is 0 Å². The SMILES string of the molecule is CC(C)(C)OC(=O)NCc1cnnn1Cc1nc(-c2ccc(Cl)cc2)c(-c2ccc(Cl)cc2)nc1C(=O)NN1CCCCC1. The molecule has 0 aliphatic carbocycles. The monoisotopic (exact) mass is 636 g/mol. The van der Waals surface area contributed by atoms with Crippen LogP contribution in [0.2, 0.25) is 10.0 Å². The second kappa shape index (κ2) is 13.7. The zero-order chi connectivity index (χ0) is 31.3. The maximum Gasteiger partial charge on any atom is 0.407 e. The van der Waals surface area contributed by atoms with Crippen molar-refractivity contribution in [3.05, 3.63) is 81.9 Å². The van der Waals surface area contributed by atoms with Crippen molar-refractivity contribution >= 4 is 35.2 Å². The van der Waals surface area contributed by atoms with E-state index in [2.05, 4.69) is 21.1 Å². The van der Waals surface area contributed by atoms with Gasteiger partial charge >= 0.3 is 6.09 Å². The number of nitrogens with zero attached hydrogens (tertiary/aromatic N) is 6. The highest BCUT2D eigenvalue weighted by atomic mass is 35.5. The first-order valence-corrected chi connectivity index (χ1v) is 15.1. The lowest BCUT2D eigenvalue weighted by atomic mass is 10.0. The van der Waals surface area contributed by atoms with Crippen LogP contribution in [0.25, 0.3) is 22.5 Å². The first kappa shape index (κ1) is 31.4. The van der Waals surface area contributed by atoms with Crippen LogP contribution in [-0.2, 0) is 17.8 Å². The lowest BCUT2D eigenvalue weighted by molar-refractivity contribution is 0.0522. The summed E-state index contributed by atoms with van der Waals surface area (Å²) in [6.45, 7) is 7.06. The fourth-order valence-electron chi connectivity index (χ4n) is 4.75. The lowest BCUT2D eigenvalue weighted by Crippen LogP contribution is -2.45. The van der Waals surface area contributed by atoms with Crippen LogP contribution in [0.3, 0.4) is 0 Å². The van der Waals surface area contributed by atoms with Gasteiger partial charge in [0.25, 0.3) is 5.91 Å². The number of carbonyl (C=O) groups is 2. The van der Waals surface area contributed by atoms with E-state index in [-0.39, 0.29) is 24.7 Å². The Morgan fingerprint density at radius 1 is 0.886 bits per heavy atom. The highest BCUT2D eigenvalue weighted by molar-refractivity contribution is 6.31. The minimum atomic E-state index is -0.640. The Morgan fingerprint density at radius 2 is 1.48 bits per heavy atom. The lowest BCUT2D eigenvalue weighted by Gasteiger charge is -2.27. The molecule has 1 aliphatic rings. The molecule has 44 heavy (non-hydrogen) atoms. The number of aromatic nitrogens is 5. The smallest absolute Gasteiger partial charge is 0.407 e. The van der Waals surface area contributed by atoms with E-state index in [1.54, 1.807) is 55.9 Å². The summed E-state index contributed by atoms with van der Waals surface area (Å²) in [5.41, 5.74) is 6.09. The van der Waals surface area contributed by atoms with E-state index in [1.807, 2.05) is 29.3 Å². The van der Waals surface area contributed by atoms with Gasteiger partial charge in [0.2, 0.25) is 0 Å². The van der Waals surface area contributed by atoms with Crippen LogP contribution in [0.5, 0.6) is 0 Å². The summed E-state index contributed by atoms with van der Waals surface area (Å²) in [7, 11) is 0. The Kier molecular flexibility index (Phi) is 9.77. The molecule has 2 aromatic heterocycles. The molecule has 1 fully saturated rings. The molecular formula is C31H34Cl2N8O3. The predicted molar refractivity (Wildman–Crippen MR) is 168 cm³/mol. The van der Waals surface area contributed by atoms with Gasteiger partial charge < -0.3 is 10.1 Å². The maximum atomic E-state index is 13.8. The summed E-state index contributed by atoms with van der Waals surface area (Å²) >= 11 is 12.4. The molecule has 1 aliphatic heterocycles. The summed E-state index contributed by atoms with van der Waals surface area (Å²) in [4.78, 5) is 36.1. The number of piperidine rings is 1. The molecular weight excluding hydrogens is 603 g/mol. The number of hydrogen-bond donors (Lipinski definition) is 2. The zero-order valence-corrected chi connectivity index (χ0v) is 26.3. The van der Waals surface area contributed by atoms with Crippen LogP contribution in [-0.4, -0.2) is 60.7 Å². The van der Waals surface area contributed by atoms with Crippen molar-refractivity contribution in [3.63, 3.8) is 0 Å². The second-order valence-corrected chi connectivity index (χ2v) is 12.3. The van der Waals surface area contributed by atoms with Gasteiger partial charge in [0, 0.05) is 34.3 Å². The molecule has 11 nitrogen and oxygen atoms in total. The number of alkyl carbamates (subject to hydrolysis) is 1. The third kappa shape index (κ3) is 8.10. The van der Waals surface area contributed by atoms with Gasteiger partial charge in [-0.1, -0.05) is 59.1 Å². The van der Waals surface area contributed by atoms with Crippen molar-refractivity contribution in [2.75, 3.05) is 13.1 Å². The van der Waals surface area contributed by atoms with Crippen molar-refractivity contribution in [2.45, 2.75) is 58.7 Å². The summed E-state index contributed by atoms with van der Waals surface area (Å²) in [6, 6.07) is 14.5. The first-order chi connectivity index (χ1) is 21.1. The van der Waals surface area contributed by atoms with Crippen molar-refractivity contribution < 1.29 is 14.3 Å². The molecule has 13 heteroatoms. The zero-order valence-electron chi connectivity index (χ0n) is 24.8. The highest BCUT2D eigenvalue weighted by Crippen LogP contribution is 2.32. The van der Waals surface area contributed by atoms with Crippen LogP contribution >= 0.6 is 23.2 Å². The Bertz CT molecular complexity index is 1610. The van der Waals surface area contributed by atoms with Gasteiger partial charge in [0.1, 0.15) is 5.60 Å². The third-order valence-corrected chi connectivity index (χ3v) is 7.35. The molecule has 3 heterocycles. The Hall–Kier alpha value is -4.06. The third-order valence-electron chi connectivity index (χ3n) is 6.84. The molecule has 0 atom stereocenters. The second-order valence-electron chi connectivity index (χ2n) is 11.5. The molecule has 5 rings (SSSR count). The van der Waals surface area contributed by atoms with Gasteiger partial charge in [0.05, 0.1) is 42.1 Å². The summed E-state index contributed by atoms with van der Waals surface area (Å²) in [6.07, 6.45) is 4.10. The molecule has 2 N–H and O–H groups in total. The number of amides is 2. The van der Waals surface area contributed by atoms with E-state index >= 15 is 0 Å². The number of ether oxygens (including phenoxy) is 1. The van der Waals surface area contributed by atoms with Crippen molar-refractivity contribution in [1.82, 2.24) is 40.7 Å². The first-order valence-electron chi connectivity index (χ1n) is 14.4. The number of carbonyl (C=O) groups excluding carboxylic acids is 2. The summed E-state index contributed by atoms with van der Waals surface area (Å²) < 4.78 is 6.93. The predicted octanol–water partition coefficient (Wildman–Crippen LogP) is 5.91. The Labute approximate surface area is 265 Å². The normalized spacial score (nSPS) is 13.8. The molecule has 0 saturated carbocycles. The minimum absolute atomic E-state index is 0.0720. The standard InChI is InChI=1S/C31H34Cl2N8O3/c1-31(2,3)44-30(43)34-17-24-18-35-39-41(24)19-25-28(29(42)38-40-15-5-4-6-16-40)37-27(21-9-13-23(33)14-10-21)26(36-25)20-7-11-22(32)12-8-20/h7-14,18H,4-6,15-17,19H2,1-3H3,(H,34,43)(H,38,42). The van der Waals surface area contributed by atoms with Gasteiger partial charge in [-0.25, -0.2) is 24.5 Å². The molecule has 0 unspecified atom stereocenters. The number of benzene rings is 2. The molecule has 1 saturated heterocycles. The topological polar surface area (TPSA) is 127 Å². The molecule has 0 radical (unpaired) electrons. The molecule has 2 amide bonds. The molecule has 4 aromatic rings. The maximum absolute atomic E-state index is 13.8. The largest absolute Gasteiger partial charge is 0.444 e. The molecule has 230 valence electrons. The van der Waals surface area contributed by atoms with E-state index in [0.29, 0.717) is 32.8 Å². The van der Waals surface area contributed by atoms with E-state index in [1.165, 1.54) is 0 Å². The van der Waals surface area contributed by atoms with E-state index in [0.717, 1.165) is 43.5 Å². The highest BCUT2D eigenvalue weighted by Gasteiger charge is 2.25. The van der Waals surface area contributed by atoms with E-state index < -0.39 is 11.7 Å². The summed E-state index contributed by atoms with van der Waals surface area (Å²) in [5, 5.41) is 14.1. The van der Waals surface area contributed by atoms with Crippen LogP contribution in [0, 0.1) is 0 Å². The fourth-order valence-corrected chi connectivity index (χ4v) is 5.00. The molecule has 0 bridgehead atoms. The van der Waals surface area contributed by atoms with E-state index in [9.17, 15) is 9.59 Å². The number of hydrazine groups is 1. The van der Waals surface area contributed by atoms with Gasteiger partial charge in [0.15, 0.2) is 5.69 Å². The average Bonchev–Trinajstić information content (AvgIpc) is 3.43. The van der Waals surface area contributed by atoms with Gasteiger partial charge in [-0.15, -0.1) is 5.10 Å². The fraction of sp³-hybridized carbons (Fsp3) is 0.355. The number of hydrogen-bond acceptors (Lipinski definition) is 8. The Balaban J connectivity index is 1.56. The number of nitrogens with one attached hydrogen (secondary N) is 2.